The Morgan fingerprint density at radius 1 is 1.09 bits per heavy atom. The summed E-state index contributed by atoms with van der Waals surface area (Å²) in [6, 6.07) is 3.32. The third-order valence-electron chi connectivity index (χ3n) is 7.91. The van der Waals surface area contributed by atoms with E-state index in [1.165, 1.54) is 35.6 Å². The van der Waals surface area contributed by atoms with Gasteiger partial charge in [-0.05, 0) is 39.2 Å². The standard InChI is InChI=1S/C31H37F3N6O3S/c1-5-12-44(42,43)17-20-6-7-24(32)29(27(20)34)40-16-23(21-14-35-19-36-15-21)28-26(40)13-25(33)30(37-28)38(4)22-8-10-39(11-9-22)18-31(2,3)41/h6-7,13-16,19,22,41H,5,8-12,17-18H2,1-4H3. The number of fused-ring (bicyclic) bond motifs is 1. The Morgan fingerprint density at radius 2 is 1.77 bits per heavy atom. The SMILES string of the molecule is CCCS(=O)(=O)Cc1ccc(F)c(-n2cc(-c3cncnc3)c3nc(N(C)C4CCN(CC(C)(C)O)CC4)c(F)cc32)c1F. The van der Waals surface area contributed by atoms with Crippen LogP contribution < -0.4 is 4.90 Å². The average Bonchev–Trinajstić information content (AvgIpc) is 3.31. The fourth-order valence-corrected chi connectivity index (χ4v) is 7.38. The molecule has 0 bridgehead atoms. The van der Waals surface area contributed by atoms with E-state index in [4.69, 9.17) is 4.98 Å². The molecule has 13 heteroatoms. The predicted molar refractivity (Wildman–Crippen MR) is 164 cm³/mol. The van der Waals surface area contributed by atoms with E-state index < -0.39 is 44.3 Å². The van der Waals surface area contributed by atoms with Crippen LogP contribution in [0.15, 0.2) is 43.1 Å². The monoisotopic (exact) mass is 630 g/mol. The van der Waals surface area contributed by atoms with E-state index in [0.717, 1.165) is 38.1 Å². The van der Waals surface area contributed by atoms with Gasteiger partial charge in [-0.1, -0.05) is 13.0 Å². The van der Waals surface area contributed by atoms with Gasteiger partial charge in [0.25, 0.3) is 0 Å². The van der Waals surface area contributed by atoms with Gasteiger partial charge in [-0.2, -0.15) is 0 Å². The summed E-state index contributed by atoms with van der Waals surface area (Å²) in [5, 5.41) is 10.2. The van der Waals surface area contributed by atoms with E-state index in [9.17, 15) is 13.5 Å². The number of halogens is 3. The molecule has 0 aliphatic carbocycles. The molecule has 3 aromatic heterocycles. The van der Waals surface area contributed by atoms with Gasteiger partial charge in [0.05, 0.1) is 28.1 Å². The number of pyridine rings is 1. The number of aromatic nitrogens is 4. The molecule has 1 aliphatic rings. The molecule has 236 valence electrons. The Labute approximate surface area is 255 Å². The van der Waals surface area contributed by atoms with Gasteiger partial charge in [0.2, 0.25) is 0 Å². The largest absolute Gasteiger partial charge is 0.389 e. The second-order valence-electron chi connectivity index (χ2n) is 12.1. The first-order valence-corrected chi connectivity index (χ1v) is 16.4. The number of anilines is 1. The van der Waals surface area contributed by atoms with Crippen molar-refractivity contribution in [2.45, 2.75) is 57.4 Å². The van der Waals surface area contributed by atoms with Crippen molar-refractivity contribution in [2.24, 2.45) is 0 Å². The molecule has 0 spiro atoms. The van der Waals surface area contributed by atoms with Crippen LogP contribution in [0.25, 0.3) is 27.8 Å². The maximum Gasteiger partial charge on any atom is 0.167 e. The van der Waals surface area contributed by atoms with Crippen LogP contribution in [0.5, 0.6) is 0 Å². The molecule has 0 amide bonds. The van der Waals surface area contributed by atoms with Crippen molar-refractivity contribution in [1.82, 2.24) is 24.4 Å². The van der Waals surface area contributed by atoms with E-state index in [-0.39, 0.29) is 34.2 Å². The van der Waals surface area contributed by atoms with Gasteiger partial charge in [0.15, 0.2) is 27.3 Å². The number of hydrogen-bond acceptors (Lipinski definition) is 8. The van der Waals surface area contributed by atoms with E-state index in [2.05, 4.69) is 14.9 Å². The van der Waals surface area contributed by atoms with Crippen LogP contribution in [0.1, 0.15) is 45.6 Å². The van der Waals surface area contributed by atoms with Crippen molar-refractivity contribution < 1.29 is 26.7 Å². The van der Waals surface area contributed by atoms with Crippen molar-refractivity contribution in [1.29, 1.82) is 0 Å². The Kier molecular flexibility index (Phi) is 9.01. The maximum absolute atomic E-state index is 15.9. The molecule has 0 atom stereocenters. The first-order chi connectivity index (χ1) is 20.8. The summed E-state index contributed by atoms with van der Waals surface area (Å²) < 4.78 is 73.3. The van der Waals surface area contributed by atoms with Crippen LogP contribution in [0, 0.1) is 17.5 Å². The molecule has 1 N–H and O–H groups in total. The van der Waals surface area contributed by atoms with Crippen LogP contribution in [0.4, 0.5) is 19.0 Å². The van der Waals surface area contributed by atoms with E-state index in [1.807, 2.05) is 0 Å². The highest BCUT2D eigenvalue weighted by molar-refractivity contribution is 7.90. The minimum atomic E-state index is -3.63. The van der Waals surface area contributed by atoms with Gasteiger partial charge in [-0.15, -0.1) is 0 Å². The topological polar surface area (TPSA) is 104 Å². The molecule has 4 aromatic rings. The fourth-order valence-electron chi connectivity index (χ4n) is 5.91. The van der Waals surface area contributed by atoms with Gasteiger partial charge in [-0.25, -0.2) is 36.5 Å². The Hall–Kier alpha value is -3.55. The van der Waals surface area contributed by atoms with Crippen LogP contribution >= 0.6 is 0 Å². The average molecular weight is 631 g/mol. The number of rotatable bonds is 10. The minimum absolute atomic E-state index is 0.0188. The Morgan fingerprint density at radius 3 is 2.41 bits per heavy atom. The molecular weight excluding hydrogens is 593 g/mol. The smallest absolute Gasteiger partial charge is 0.167 e. The van der Waals surface area contributed by atoms with Crippen molar-refractivity contribution in [3.05, 3.63) is 66.1 Å². The highest BCUT2D eigenvalue weighted by atomic mass is 32.2. The Balaban J connectivity index is 1.59. The number of piperidine rings is 1. The molecule has 4 heterocycles. The lowest BCUT2D eigenvalue weighted by Gasteiger charge is -2.39. The minimum Gasteiger partial charge on any atom is -0.389 e. The zero-order valence-electron chi connectivity index (χ0n) is 25.3. The zero-order chi connectivity index (χ0) is 31.8. The summed E-state index contributed by atoms with van der Waals surface area (Å²) in [5.74, 6) is -3.28. The van der Waals surface area contributed by atoms with Crippen molar-refractivity contribution in [2.75, 3.05) is 37.3 Å². The van der Waals surface area contributed by atoms with Crippen LogP contribution in [0.3, 0.4) is 0 Å². The molecule has 5 rings (SSSR count). The van der Waals surface area contributed by atoms with Crippen LogP contribution in [-0.2, 0) is 15.6 Å². The summed E-state index contributed by atoms with van der Waals surface area (Å²) in [5.41, 5.74) is -0.199. The molecular formula is C31H37F3N6O3S. The molecule has 1 saturated heterocycles. The third-order valence-corrected chi connectivity index (χ3v) is 9.69. The molecule has 44 heavy (non-hydrogen) atoms. The summed E-state index contributed by atoms with van der Waals surface area (Å²) >= 11 is 0. The molecule has 1 aromatic carbocycles. The number of likely N-dealkylation sites (tertiary alicyclic amines) is 1. The lowest BCUT2D eigenvalue weighted by atomic mass is 10.0. The number of β-amino-alcohol motifs (C(OH)–C–C–N with tert-alkyl or cyclic N) is 1. The highest BCUT2D eigenvalue weighted by Crippen LogP contribution is 2.36. The normalized spacial score (nSPS) is 15.3. The van der Waals surface area contributed by atoms with E-state index >= 15 is 13.2 Å². The van der Waals surface area contributed by atoms with Gasteiger partial charge in [0.1, 0.15) is 17.8 Å². The Bertz CT molecular complexity index is 1750. The van der Waals surface area contributed by atoms with E-state index in [0.29, 0.717) is 24.1 Å². The summed E-state index contributed by atoms with van der Waals surface area (Å²) in [6.07, 6.45) is 7.68. The maximum atomic E-state index is 15.9. The molecule has 9 nitrogen and oxygen atoms in total. The second-order valence-corrected chi connectivity index (χ2v) is 14.3. The summed E-state index contributed by atoms with van der Waals surface area (Å²) in [4.78, 5) is 16.8. The summed E-state index contributed by atoms with van der Waals surface area (Å²) in [7, 11) is -1.85. The van der Waals surface area contributed by atoms with Gasteiger partial charge in [-0.3, -0.25) is 0 Å². The van der Waals surface area contributed by atoms with Crippen molar-refractivity contribution >= 4 is 26.7 Å². The lowest BCUT2D eigenvalue weighted by molar-refractivity contribution is 0.0282. The molecule has 1 aliphatic heterocycles. The van der Waals surface area contributed by atoms with Crippen molar-refractivity contribution in [3.8, 4) is 16.8 Å². The highest BCUT2D eigenvalue weighted by Gasteiger charge is 2.29. The molecule has 1 fully saturated rings. The predicted octanol–water partition coefficient (Wildman–Crippen LogP) is 4.90. The zero-order valence-corrected chi connectivity index (χ0v) is 26.1. The number of nitrogens with zero attached hydrogens (tertiary/aromatic N) is 6. The van der Waals surface area contributed by atoms with Crippen LogP contribution in [-0.4, -0.2) is 82.0 Å². The molecule has 0 unspecified atom stereocenters. The second kappa shape index (κ2) is 12.4. The number of aliphatic hydroxyl groups is 1. The van der Waals surface area contributed by atoms with Gasteiger partial charge in [0, 0.05) is 74.1 Å². The molecule has 0 radical (unpaired) electrons. The number of hydrogen-bond donors (Lipinski definition) is 1. The first-order valence-electron chi connectivity index (χ1n) is 14.6. The quantitative estimate of drug-likeness (QED) is 0.264. The lowest BCUT2D eigenvalue weighted by Crippen LogP contribution is -2.48. The van der Waals surface area contributed by atoms with Gasteiger partial charge >= 0.3 is 0 Å². The van der Waals surface area contributed by atoms with Crippen LogP contribution in [0.2, 0.25) is 0 Å². The first kappa shape index (κ1) is 31.9. The third kappa shape index (κ3) is 6.74. The fraction of sp³-hybridized carbons (Fsp3) is 0.452. The molecule has 0 saturated carbocycles. The van der Waals surface area contributed by atoms with Crippen molar-refractivity contribution in [3.63, 3.8) is 0 Å². The summed E-state index contributed by atoms with van der Waals surface area (Å²) in [6.45, 7) is 7.24. The van der Waals surface area contributed by atoms with Gasteiger partial charge < -0.3 is 19.5 Å². The van der Waals surface area contributed by atoms with E-state index in [1.54, 1.807) is 32.7 Å². The number of benzene rings is 1. The number of sulfone groups is 1.